The molecule has 0 aromatic heterocycles. The summed E-state index contributed by atoms with van der Waals surface area (Å²) in [6, 6.07) is 6.86. The molecular formula is C13H18O3S. The van der Waals surface area contributed by atoms with Gasteiger partial charge in [0.1, 0.15) is 5.78 Å². The fourth-order valence-electron chi connectivity index (χ4n) is 1.66. The van der Waals surface area contributed by atoms with E-state index in [1.165, 1.54) is 6.92 Å². The summed E-state index contributed by atoms with van der Waals surface area (Å²) in [5, 5.41) is -0.660. The van der Waals surface area contributed by atoms with Gasteiger partial charge in [-0.1, -0.05) is 19.1 Å². The molecule has 4 heteroatoms. The van der Waals surface area contributed by atoms with Crippen molar-refractivity contribution < 1.29 is 13.2 Å². The molecule has 0 bridgehead atoms. The van der Waals surface area contributed by atoms with E-state index in [1.54, 1.807) is 19.1 Å². The quantitative estimate of drug-likeness (QED) is 0.810. The molecule has 0 saturated heterocycles. The number of hydrogen-bond acceptors (Lipinski definition) is 3. The van der Waals surface area contributed by atoms with Crippen molar-refractivity contribution in [2.45, 2.75) is 43.8 Å². The zero-order valence-corrected chi connectivity index (χ0v) is 11.3. The number of ketones is 1. The van der Waals surface area contributed by atoms with Gasteiger partial charge in [-0.25, -0.2) is 8.42 Å². The van der Waals surface area contributed by atoms with Crippen molar-refractivity contribution in [2.24, 2.45) is 0 Å². The number of carbonyl (C=O) groups excluding carboxylic acids is 1. The maximum atomic E-state index is 12.1. The maximum Gasteiger partial charge on any atom is 0.181 e. The van der Waals surface area contributed by atoms with Gasteiger partial charge in [-0.05, 0) is 38.0 Å². The molecule has 0 fully saturated rings. The Hall–Kier alpha value is -1.16. The van der Waals surface area contributed by atoms with E-state index in [0.29, 0.717) is 4.90 Å². The highest BCUT2D eigenvalue weighted by atomic mass is 32.2. The highest BCUT2D eigenvalue weighted by Gasteiger charge is 2.24. The second kappa shape index (κ2) is 5.45. The van der Waals surface area contributed by atoms with Crippen molar-refractivity contribution >= 4 is 15.6 Å². The Balaban J connectivity index is 3.00. The van der Waals surface area contributed by atoms with Crippen LogP contribution in [0.3, 0.4) is 0 Å². The molecule has 1 rings (SSSR count). The van der Waals surface area contributed by atoms with Crippen LogP contribution in [0.2, 0.25) is 0 Å². The monoisotopic (exact) mass is 254 g/mol. The van der Waals surface area contributed by atoms with Gasteiger partial charge in [-0.2, -0.15) is 0 Å². The second-order valence-electron chi connectivity index (χ2n) is 4.26. The molecule has 17 heavy (non-hydrogen) atoms. The van der Waals surface area contributed by atoms with Crippen LogP contribution in [0, 0.1) is 0 Å². The zero-order valence-electron chi connectivity index (χ0n) is 10.4. The van der Waals surface area contributed by atoms with Crippen LogP contribution in [-0.2, 0) is 21.1 Å². The Morgan fingerprint density at radius 2 is 1.76 bits per heavy atom. The molecule has 0 aliphatic rings. The topological polar surface area (TPSA) is 51.2 Å². The van der Waals surface area contributed by atoms with Crippen LogP contribution >= 0.6 is 0 Å². The van der Waals surface area contributed by atoms with Gasteiger partial charge in [0, 0.05) is 6.42 Å². The van der Waals surface area contributed by atoms with E-state index in [0.717, 1.165) is 12.0 Å². The van der Waals surface area contributed by atoms with Gasteiger partial charge < -0.3 is 0 Å². The fourth-order valence-corrected chi connectivity index (χ4v) is 3.10. The van der Waals surface area contributed by atoms with Crippen molar-refractivity contribution in [2.75, 3.05) is 0 Å². The lowest BCUT2D eigenvalue weighted by Gasteiger charge is -2.11. The Morgan fingerprint density at radius 1 is 1.24 bits per heavy atom. The first kappa shape index (κ1) is 13.9. The van der Waals surface area contributed by atoms with Crippen LogP contribution in [0.4, 0.5) is 0 Å². The minimum atomic E-state index is -3.38. The van der Waals surface area contributed by atoms with Crippen molar-refractivity contribution in [3.05, 3.63) is 29.8 Å². The number of benzene rings is 1. The molecule has 0 heterocycles. The molecule has 0 spiro atoms. The summed E-state index contributed by atoms with van der Waals surface area (Å²) in [6.07, 6.45) is 0.946. The second-order valence-corrected chi connectivity index (χ2v) is 6.63. The molecule has 0 saturated carbocycles. The van der Waals surface area contributed by atoms with Gasteiger partial charge in [0.05, 0.1) is 10.1 Å². The highest BCUT2D eigenvalue weighted by Crippen LogP contribution is 2.19. The lowest BCUT2D eigenvalue weighted by atomic mass is 10.2. The Bertz CT molecular complexity index is 486. The fraction of sp³-hybridized carbons (Fsp3) is 0.462. The summed E-state index contributed by atoms with van der Waals surface area (Å²) >= 11 is 0. The summed E-state index contributed by atoms with van der Waals surface area (Å²) in [6.45, 7) is 5.00. The molecule has 0 radical (unpaired) electrons. The highest BCUT2D eigenvalue weighted by molar-refractivity contribution is 7.92. The normalized spacial score (nSPS) is 13.4. The summed E-state index contributed by atoms with van der Waals surface area (Å²) in [5.41, 5.74) is 1.10. The van der Waals surface area contributed by atoms with Crippen molar-refractivity contribution in [3.8, 4) is 0 Å². The molecule has 1 aromatic carbocycles. The molecule has 94 valence electrons. The molecule has 1 atom stereocenters. The summed E-state index contributed by atoms with van der Waals surface area (Å²) < 4.78 is 24.2. The van der Waals surface area contributed by atoms with E-state index in [4.69, 9.17) is 0 Å². The van der Waals surface area contributed by atoms with Crippen LogP contribution < -0.4 is 0 Å². The first-order valence-electron chi connectivity index (χ1n) is 5.70. The predicted molar refractivity (Wildman–Crippen MR) is 67.8 cm³/mol. The summed E-state index contributed by atoms with van der Waals surface area (Å²) in [7, 11) is -3.38. The molecule has 1 unspecified atom stereocenters. The maximum absolute atomic E-state index is 12.1. The van der Waals surface area contributed by atoms with E-state index in [9.17, 15) is 13.2 Å². The standard InChI is InChI=1S/C13H18O3S/c1-4-12-5-7-13(8-6-12)17(15,16)11(3)9-10(2)14/h5-8,11H,4,9H2,1-3H3. The number of hydrogen-bond donors (Lipinski definition) is 0. The van der Waals surface area contributed by atoms with E-state index < -0.39 is 15.1 Å². The first-order chi connectivity index (χ1) is 7.87. The average Bonchev–Trinajstić information content (AvgIpc) is 2.28. The molecule has 0 N–H and O–H groups in total. The Kier molecular flexibility index (Phi) is 4.46. The minimum Gasteiger partial charge on any atom is -0.300 e. The lowest BCUT2D eigenvalue weighted by Crippen LogP contribution is -2.20. The predicted octanol–water partition coefficient (Wildman–Crippen LogP) is 2.39. The minimum absolute atomic E-state index is 0.0673. The van der Waals surface area contributed by atoms with Crippen molar-refractivity contribution in [3.63, 3.8) is 0 Å². The summed E-state index contributed by atoms with van der Waals surface area (Å²) in [4.78, 5) is 11.3. The third-order valence-corrected chi connectivity index (χ3v) is 4.92. The van der Waals surface area contributed by atoms with Crippen LogP contribution in [-0.4, -0.2) is 19.5 Å². The largest absolute Gasteiger partial charge is 0.300 e. The number of Topliss-reactive ketones (excluding diaryl/α,β-unsaturated/α-hetero) is 1. The first-order valence-corrected chi connectivity index (χ1v) is 7.24. The van der Waals surface area contributed by atoms with Crippen LogP contribution in [0.1, 0.15) is 32.8 Å². The number of sulfone groups is 1. The van der Waals surface area contributed by atoms with E-state index in [2.05, 4.69) is 0 Å². The van der Waals surface area contributed by atoms with Gasteiger partial charge in [-0.15, -0.1) is 0 Å². The SMILES string of the molecule is CCc1ccc(S(=O)(=O)C(C)CC(C)=O)cc1. The van der Waals surface area contributed by atoms with Gasteiger partial charge >= 0.3 is 0 Å². The van der Waals surface area contributed by atoms with Crippen LogP contribution in [0.5, 0.6) is 0 Å². The number of carbonyl (C=O) groups is 1. The van der Waals surface area contributed by atoms with Gasteiger partial charge in [0.15, 0.2) is 9.84 Å². The van der Waals surface area contributed by atoms with Crippen molar-refractivity contribution in [1.82, 2.24) is 0 Å². The number of aryl methyl sites for hydroxylation is 1. The molecule has 0 aliphatic heterocycles. The van der Waals surface area contributed by atoms with Crippen molar-refractivity contribution in [1.29, 1.82) is 0 Å². The smallest absolute Gasteiger partial charge is 0.181 e. The van der Waals surface area contributed by atoms with E-state index >= 15 is 0 Å². The van der Waals surface area contributed by atoms with Gasteiger partial charge in [-0.3, -0.25) is 4.79 Å². The Labute approximate surface area is 103 Å². The third kappa shape index (κ3) is 3.40. The van der Waals surface area contributed by atoms with E-state index in [-0.39, 0.29) is 12.2 Å². The molecule has 0 amide bonds. The molecule has 1 aromatic rings. The molecule has 3 nitrogen and oxygen atoms in total. The molecular weight excluding hydrogens is 236 g/mol. The van der Waals surface area contributed by atoms with E-state index in [1.807, 2.05) is 19.1 Å². The summed E-state index contributed by atoms with van der Waals surface area (Å²) in [5.74, 6) is -0.105. The van der Waals surface area contributed by atoms with Crippen LogP contribution in [0.25, 0.3) is 0 Å². The third-order valence-electron chi connectivity index (χ3n) is 2.76. The zero-order chi connectivity index (χ0) is 13.1. The number of rotatable bonds is 5. The van der Waals surface area contributed by atoms with Gasteiger partial charge in [0.2, 0.25) is 0 Å². The molecule has 0 aliphatic carbocycles. The average molecular weight is 254 g/mol. The van der Waals surface area contributed by atoms with Crippen LogP contribution in [0.15, 0.2) is 29.2 Å². The lowest BCUT2D eigenvalue weighted by molar-refractivity contribution is -0.116. The Morgan fingerprint density at radius 3 is 2.18 bits per heavy atom. The van der Waals surface area contributed by atoms with Gasteiger partial charge in [0.25, 0.3) is 0 Å².